The number of nitrogens with one attached hydrogen (secondary N) is 2. The van der Waals surface area contributed by atoms with Crippen molar-refractivity contribution in [3.05, 3.63) is 36.2 Å². The topological polar surface area (TPSA) is 91.0 Å². The van der Waals surface area contributed by atoms with Gasteiger partial charge >= 0.3 is 0 Å². The summed E-state index contributed by atoms with van der Waals surface area (Å²) in [5.41, 5.74) is 2.11. The van der Waals surface area contributed by atoms with Gasteiger partial charge in [0.1, 0.15) is 6.33 Å². The minimum atomic E-state index is -0.387. The molecule has 2 amide bonds. The largest absolute Gasteiger partial charge is 0.312 e. The maximum atomic E-state index is 12.3. The van der Waals surface area contributed by atoms with Gasteiger partial charge in [0.15, 0.2) is 0 Å². The number of anilines is 2. The number of unbranched alkanes of at least 4 members (excludes halogenated alkanes) is 1. The number of nitrogens with zero attached hydrogens (tertiary/aromatic N) is 3. The van der Waals surface area contributed by atoms with E-state index in [1.807, 2.05) is 12.1 Å². The molecule has 2 N–H and O–H groups in total. The van der Waals surface area contributed by atoms with Gasteiger partial charge in [-0.3, -0.25) is 14.9 Å². The van der Waals surface area contributed by atoms with E-state index in [0.29, 0.717) is 12.5 Å². The highest BCUT2D eigenvalue weighted by atomic mass is 16.2. The highest BCUT2D eigenvalue weighted by molar-refractivity contribution is 6.03. The van der Waals surface area contributed by atoms with Crippen molar-refractivity contribution in [2.24, 2.45) is 5.92 Å². The first-order valence-electron chi connectivity index (χ1n) is 8.23. The molecule has 1 unspecified atom stereocenters. The molecule has 0 aliphatic carbocycles. The highest BCUT2D eigenvalue weighted by Crippen LogP contribution is 2.26. The molecule has 2 heterocycles. The fourth-order valence-corrected chi connectivity index (χ4v) is 2.84. The van der Waals surface area contributed by atoms with Gasteiger partial charge in [-0.15, -0.1) is 0 Å². The first kappa shape index (κ1) is 16.2. The van der Waals surface area contributed by atoms with Crippen LogP contribution < -0.4 is 10.2 Å². The second kappa shape index (κ2) is 7.25. The number of rotatable bonds is 6. The summed E-state index contributed by atoms with van der Waals surface area (Å²) in [5.74, 6) is -0.343. The van der Waals surface area contributed by atoms with E-state index in [2.05, 4.69) is 39.6 Å². The number of H-pyrrole nitrogens is 1. The van der Waals surface area contributed by atoms with Crippen molar-refractivity contribution in [1.82, 2.24) is 15.2 Å². The Morgan fingerprint density at radius 3 is 2.83 bits per heavy atom. The van der Waals surface area contributed by atoms with Gasteiger partial charge in [-0.05, 0) is 30.5 Å². The van der Waals surface area contributed by atoms with Crippen molar-refractivity contribution in [2.75, 3.05) is 16.8 Å². The number of amides is 2. The fraction of sp³-hybridized carbons (Fsp3) is 0.412. The molecule has 3 rings (SSSR count). The van der Waals surface area contributed by atoms with Crippen molar-refractivity contribution in [3.63, 3.8) is 0 Å². The summed E-state index contributed by atoms with van der Waals surface area (Å²) < 4.78 is 0. The number of hydrogen-bond acceptors (Lipinski definition) is 4. The molecule has 126 valence electrons. The average molecular weight is 327 g/mol. The van der Waals surface area contributed by atoms with Crippen LogP contribution in [0.5, 0.6) is 0 Å². The van der Waals surface area contributed by atoms with Crippen LogP contribution in [0.2, 0.25) is 0 Å². The summed E-state index contributed by atoms with van der Waals surface area (Å²) in [6.07, 6.45) is 4.90. The number of aryl methyl sites for hydroxylation is 1. The van der Waals surface area contributed by atoms with Gasteiger partial charge in [-0.2, -0.15) is 10.1 Å². The van der Waals surface area contributed by atoms with Crippen LogP contribution in [0.15, 0.2) is 30.6 Å². The molecule has 1 aliphatic heterocycles. The zero-order valence-corrected chi connectivity index (χ0v) is 13.7. The molecule has 2 aromatic rings. The van der Waals surface area contributed by atoms with Crippen LogP contribution in [0.3, 0.4) is 0 Å². The normalized spacial score (nSPS) is 17.3. The zero-order chi connectivity index (χ0) is 16.9. The molecule has 0 bridgehead atoms. The number of carbonyl (C=O) groups excluding carboxylic acids is 2. The predicted molar refractivity (Wildman–Crippen MR) is 90.5 cm³/mol. The summed E-state index contributed by atoms with van der Waals surface area (Å²) in [7, 11) is 0. The third-order valence-electron chi connectivity index (χ3n) is 4.22. The molecule has 24 heavy (non-hydrogen) atoms. The molecule has 0 radical (unpaired) electrons. The summed E-state index contributed by atoms with van der Waals surface area (Å²) >= 11 is 0. The summed E-state index contributed by atoms with van der Waals surface area (Å²) in [6.45, 7) is 2.55. The van der Waals surface area contributed by atoms with Crippen LogP contribution in [-0.4, -0.2) is 33.5 Å². The molecule has 1 aromatic heterocycles. The standard InChI is InChI=1S/C17H21N5O2/c1-2-3-4-12-5-7-14(8-6-12)22-10-13(9-15(22)23)16(24)20-17-18-11-19-21-17/h5-8,11,13H,2-4,9-10H2,1H3,(H2,18,19,20,21,24). The van der Waals surface area contributed by atoms with E-state index in [1.54, 1.807) is 4.90 Å². The predicted octanol–water partition coefficient (Wildman–Crippen LogP) is 2.14. The number of aromatic nitrogens is 3. The van der Waals surface area contributed by atoms with Crippen molar-refractivity contribution in [2.45, 2.75) is 32.6 Å². The first-order valence-corrected chi connectivity index (χ1v) is 8.23. The van der Waals surface area contributed by atoms with E-state index in [0.717, 1.165) is 24.9 Å². The summed E-state index contributed by atoms with van der Waals surface area (Å²) in [4.78, 5) is 30.0. The van der Waals surface area contributed by atoms with Crippen LogP contribution in [0.4, 0.5) is 11.6 Å². The molecule has 1 saturated heterocycles. The van der Waals surface area contributed by atoms with Gasteiger partial charge in [-0.25, -0.2) is 5.10 Å². The Balaban J connectivity index is 1.63. The third kappa shape index (κ3) is 3.61. The lowest BCUT2D eigenvalue weighted by Gasteiger charge is -2.17. The number of benzene rings is 1. The Bertz CT molecular complexity index is 696. The van der Waals surface area contributed by atoms with Crippen LogP contribution in [0.25, 0.3) is 0 Å². The number of carbonyl (C=O) groups is 2. The smallest absolute Gasteiger partial charge is 0.232 e. The zero-order valence-electron chi connectivity index (χ0n) is 13.7. The van der Waals surface area contributed by atoms with E-state index in [-0.39, 0.29) is 24.2 Å². The van der Waals surface area contributed by atoms with Gasteiger partial charge in [0.25, 0.3) is 0 Å². The van der Waals surface area contributed by atoms with E-state index in [1.165, 1.54) is 11.9 Å². The Kier molecular flexibility index (Phi) is 4.88. The van der Waals surface area contributed by atoms with Crippen LogP contribution in [-0.2, 0) is 16.0 Å². The maximum absolute atomic E-state index is 12.3. The van der Waals surface area contributed by atoms with Gasteiger partial charge in [0, 0.05) is 18.7 Å². The number of aromatic amines is 1. The van der Waals surface area contributed by atoms with E-state index < -0.39 is 0 Å². The Morgan fingerprint density at radius 1 is 1.38 bits per heavy atom. The lowest BCUT2D eigenvalue weighted by molar-refractivity contribution is -0.122. The molecule has 1 atom stereocenters. The molecule has 1 aliphatic rings. The van der Waals surface area contributed by atoms with Crippen molar-refractivity contribution >= 4 is 23.5 Å². The molecular weight excluding hydrogens is 306 g/mol. The lowest BCUT2D eigenvalue weighted by Crippen LogP contribution is -2.28. The lowest BCUT2D eigenvalue weighted by atomic mass is 10.1. The Hall–Kier alpha value is -2.70. The van der Waals surface area contributed by atoms with Crippen LogP contribution in [0, 0.1) is 5.92 Å². The average Bonchev–Trinajstić information content (AvgIpc) is 3.23. The van der Waals surface area contributed by atoms with Gasteiger partial charge in [0.05, 0.1) is 5.92 Å². The minimum Gasteiger partial charge on any atom is -0.312 e. The summed E-state index contributed by atoms with van der Waals surface area (Å²) in [5, 5.41) is 8.90. The van der Waals surface area contributed by atoms with Crippen molar-refractivity contribution in [1.29, 1.82) is 0 Å². The third-order valence-corrected chi connectivity index (χ3v) is 4.22. The fourth-order valence-electron chi connectivity index (χ4n) is 2.84. The maximum Gasteiger partial charge on any atom is 0.232 e. The molecule has 0 saturated carbocycles. The SMILES string of the molecule is CCCCc1ccc(N2CC(C(=O)Nc3ncn[nH]3)CC2=O)cc1. The van der Waals surface area contributed by atoms with Gasteiger partial charge < -0.3 is 4.90 Å². The van der Waals surface area contributed by atoms with E-state index >= 15 is 0 Å². The molecular formula is C17H21N5O2. The molecule has 0 spiro atoms. The molecule has 7 nitrogen and oxygen atoms in total. The first-order chi connectivity index (χ1) is 11.7. The minimum absolute atomic E-state index is 0.0333. The number of hydrogen-bond donors (Lipinski definition) is 2. The van der Waals surface area contributed by atoms with E-state index in [9.17, 15) is 9.59 Å². The molecule has 7 heteroatoms. The van der Waals surface area contributed by atoms with Crippen LogP contribution in [0.1, 0.15) is 31.7 Å². The van der Waals surface area contributed by atoms with Crippen LogP contribution >= 0.6 is 0 Å². The van der Waals surface area contributed by atoms with E-state index in [4.69, 9.17) is 0 Å². The monoisotopic (exact) mass is 327 g/mol. The Morgan fingerprint density at radius 2 is 2.17 bits per heavy atom. The molecule has 1 aromatic carbocycles. The van der Waals surface area contributed by atoms with Gasteiger partial charge in [0.2, 0.25) is 17.8 Å². The quantitative estimate of drug-likeness (QED) is 0.850. The van der Waals surface area contributed by atoms with Crippen molar-refractivity contribution in [3.8, 4) is 0 Å². The van der Waals surface area contributed by atoms with Gasteiger partial charge in [-0.1, -0.05) is 25.5 Å². The second-order valence-electron chi connectivity index (χ2n) is 6.00. The second-order valence-corrected chi connectivity index (χ2v) is 6.00. The summed E-state index contributed by atoms with van der Waals surface area (Å²) in [6, 6.07) is 8.03. The van der Waals surface area contributed by atoms with Crippen molar-refractivity contribution < 1.29 is 9.59 Å². The Labute approximate surface area is 140 Å². The molecule has 1 fully saturated rings. The highest BCUT2D eigenvalue weighted by Gasteiger charge is 2.35.